The molecule has 126 valence electrons. The lowest BCUT2D eigenvalue weighted by Crippen LogP contribution is -2.36. The molecule has 6 nitrogen and oxygen atoms in total. The van der Waals surface area contributed by atoms with Gasteiger partial charge in [-0.25, -0.2) is 4.99 Å². The van der Waals surface area contributed by atoms with Crippen molar-refractivity contribution in [2.75, 3.05) is 6.54 Å². The molecule has 2 rings (SSSR count). The van der Waals surface area contributed by atoms with E-state index in [1.54, 1.807) is 23.5 Å². The van der Waals surface area contributed by atoms with Crippen molar-refractivity contribution in [3.05, 3.63) is 45.5 Å². The van der Waals surface area contributed by atoms with Gasteiger partial charge in [-0.1, -0.05) is 0 Å². The molecule has 0 atom stereocenters. The maximum Gasteiger partial charge on any atom is 0.284 e. The molecule has 23 heavy (non-hydrogen) atoms. The van der Waals surface area contributed by atoms with Gasteiger partial charge in [0.1, 0.15) is 12.3 Å². The van der Waals surface area contributed by atoms with Gasteiger partial charge in [-0.15, -0.1) is 35.3 Å². The number of halogens is 1. The van der Waals surface area contributed by atoms with Crippen LogP contribution in [0.1, 0.15) is 33.7 Å². The van der Waals surface area contributed by atoms with E-state index in [0.717, 1.165) is 13.1 Å². The zero-order chi connectivity index (χ0) is 15.9. The van der Waals surface area contributed by atoms with E-state index >= 15 is 0 Å². The Kier molecular flexibility index (Phi) is 8.10. The molecule has 0 spiro atoms. The first-order valence-electron chi connectivity index (χ1n) is 7.03. The number of rotatable bonds is 6. The fraction of sp³-hybridized carbons (Fsp3) is 0.333. The minimum Gasteiger partial charge on any atom is -0.454 e. The number of amides is 1. The predicted molar refractivity (Wildman–Crippen MR) is 103 cm³/mol. The van der Waals surface area contributed by atoms with E-state index in [1.807, 2.05) is 6.92 Å². The molecular weight excluding hydrogens is 427 g/mol. The maximum atomic E-state index is 11.0. The molecule has 2 heterocycles. The minimum absolute atomic E-state index is 0. The van der Waals surface area contributed by atoms with Crippen LogP contribution in [0.3, 0.4) is 0 Å². The van der Waals surface area contributed by atoms with Crippen molar-refractivity contribution in [3.8, 4) is 0 Å². The highest BCUT2D eigenvalue weighted by Gasteiger charge is 2.07. The van der Waals surface area contributed by atoms with Crippen LogP contribution < -0.4 is 16.4 Å². The number of aliphatic imine (C=N–C) groups is 1. The molecule has 0 saturated carbocycles. The fourth-order valence-electron chi connectivity index (χ4n) is 1.84. The zero-order valence-electron chi connectivity index (χ0n) is 13.1. The normalized spacial score (nSPS) is 11.0. The Labute approximate surface area is 156 Å². The molecule has 0 bridgehead atoms. The summed E-state index contributed by atoms with van der Waals surface area (Å²) in [4.78, 5) is 16.7. The molecule has 0 radical (unpaired) electrons. The van der Waals surface area contributed by atoms with Crippen molar-refractivity contribution in [2.24, 2.45) is 10.7 Å². The number of nitrogens with zero attached hydrogens (tertiary/aromatic N) is 1. The molecule has 0 saturated heterocycles. The van der Waals surface area contributed by atoms with E-state index in [9.17, 15) is 4.79 Å². The van der Waals surface area contributed by atoms with Gasteiger partial charge in [0.2, 0.25) is 0 Å². The molecule has 1 amide bonds. The van der Waals surface area contributed by atoms with E-state index in [1.165, 1.54) is 10.4 Å². The number of carbonyl (C=O) groups is 1. The summed E-state index contributed by atoms with van der Waals surface area (Å²) in [6.07, 6.45) is 0. The lowest BCUT2D eigenvalue weighted by molar-refractivity contribution is 0.0972. The number of guanidine groups is 1. The molecule has 2 aromatic rings. The molecule has 0 aromatic carbocycles. The zero-order valence-corrected chi connectivity index (χ0v) is 16.2. The Bertz CT molecular complexity index is 666. The van der Waals surface area contributed by atoms with Crippen molar-refractivity contribution in [1.29, 1.82) is 0 Å². The van der Waals surface area contributed by atoms with Gasteiger partial charge in [-0.3, -0.25) is 4.79 Å². The first-order chi connectivity index (χ1) is 10.6. The van der Waals surface area contributed by atoms with Crippen molar-refractivity contribution in [1.82, 2.24) is 10.6 Å². The van der Waals surface area contributed by atoms with Crippen LogP contribution >= 0.6 is 35.3 Å². The van der Waals surface area contributed by atoms with Crippen LogP contribution in [0.2, 0.25) is 0 Å². The Hall–Kier alpha value is -1.55. The van der Waals surface area contributed by atoms with Gasteiger partial charge in [0, 0.05) is 11.4 Å². The van der Waals surface area contributed by atoms with Gasteiger partial charge in [-0.2, -0.15) is 0 Å². The monoisotopic (exact) mass is 448 g/mol. The lowest BCUT2D eigenvalue weighted by atomic mass is 10.3. The van der Waals surface area contributed by atoms with Gasteiger partial charge in [0.25, 0.3) is 5.91 Å². The summed E-state index contributed by atoms with van der Waals surface area (Å²) in [5, 5.41) is 8.53. The summed E-state index contributed by atoms with van der Waals surface area (Å²) in [6, 6.07) is 5.36. The highest BCUT2D eigenvalue weighted by molar-refractivity contribution is 14.0. The van der Waals surface area contributed by atoms with Gasteiger partial charge in [0.05, 0.1) is 6.54 Å². The third-order valence-electron chi connectivity index (χ3n) is 3.03. The number of furan rings is 1. The van der Waals surface area contributed by atoms with Gasteiger partial charge >= 0.3 is 0 Å². The van der Waals surface area contributed by atoms with E-state index in [-0.39, 0.29) is 29.7 Å². The summed E-state index contributed by atoms with van der Waals surface area (Å²) in [6.45, 7) is 5.92. The molecule has 0 aliphatic heterocycles. The second kappa shape index (κ2) is 9.56. The van der Waals surface area contributed by atoms with Crippen LogP contribution in [0.15, 0.2) is 33.0 Å². The molecule has 0 fully saturated rings. The molecule has 4 N–H and O–H groups in total. The van der Waals surface area contributed by atoms with Gasteiger partial charge in [0.15, 0.2) is 11.7 Å². The van der Waals surface area contributed by atoms with E-state index < -0.39 is 5.91 Å². The SMILES string of the molecule is CCNC(=NCc1ccc(C(N)=O)o1)NCc1sccc1C.I. The van der Waals surface area contributed by atoms with Crippen LogP contribution in [-0.2, 0) is 13.1 Å². The number of primary amides is 1. The van der Waals surface area contributed by atoms with E-state index in [2.05, 4.69) is 34.0 Å². The largest absolute Gasteiger partial charge is 0.454 e. The Morgan fingerprint density at radius 1 is 1.35 bits per heavy atom. The quantitative estimate of drug-likeness (QED) is 0.360. The minimum atomic E-state index is -0.576. The summed E-state index contributed by atoms with van der Waals surface area (Å²) in [5.74, 6) is 0.872. The van der Waals surface area contributed by atoms with Crippen molar-refractivity contribution in [2.45, 2.75) is 26.9 Å². The topological polar surface area (TPSA) is 92.6 Å². The first kappa shape index (κ1) is 19.5. The molecule has 0 aliphatic rings. The third-order valence-corrected chi connectivity index (χ3v) is 4.05. The number of aryl methyl sites for hydroxylation is 1. The lowest BCUT2D eigenvalue weighted by Gasteiger charge is -2.10. The second-order valence-corrected chi connectivity index (χ2v) is 5.71. The first-order valence-corrected chi connectivity index (χ1v) is 7.91. The van der Waals surface area contributed by atoms with E-state index in [4.69, 9.17) is 10.2 Å². The summed E-state index contributed by atoms with van der Waals surface area (Å²) in [5.41, 5.74) is 6.42. The molecular formula is C15H21IN4O2S. The van der Waals surface area contributed by atoms with Crippen LogP contribution in [0.4, 0.5) is 0 Å². The highest BCUT2D eigenvalue weighted by Crippen LogP contribution is 2.14. The van der Waals surface area contributed by atoms with Crippen molar-refractivity contribution < 1.29 is 9.21 Å². The number of carbonyl (C=O) groups excluding carboxylic acids is 1. The number of hydrogen-bond donors (Lipinski definition) is 3. The Balaban J connectivity index is 0.00000264. The molecule has 8 heteroatoms. The number of nitrogens with one attached hydrogen (secondary N) is 2. The van der Waals surface area contributed by atoms with Gasteiger partial charge in [-0.05, 0) is 43.0 Å². The average molecular weight is 448 g/mol. The third kappa shape index (κ3) is 5.87. The highest BCUT2D eigenvalue weighted by atomic mass is 127. The Morgan fingerprint density at radius 3 is 2.70 bits per heavy atom. The number of nitrogens with two attached hydrogens (primary N) is 1. The summed E-state index contributed by atoms with van der Waals surface area (Å²) >= 11 is 1.72. The maximum absolute atomic E-state index is 11.0. The molecule has 2 aromatic heterocycles. The number of hydrogen-bond acceptors (Lipinski definition) is 4. The second-order valence-electron chi connectivity index (χ2n) is 4.71. The molecule has 0 unspecified atom stereocenters. The Morgan fingerprint density at radius 2 is 2.13 bits per heavy atom. The van der Waals surface area contributed by atoms with Crippen molar-refractivity contribution >= 4 is 47.2 Å². The predicted octanol–water partition coefficient (Wildman–Crippen LogP) is 2.62. The van der Waals surface area contributed by atoms with Crippen molar-refractivity contribution in [3.63, 3.8) is 0 Å². The average Bonchev–Trinajstić information content (AvgIpc) is 3.11. The van der Waals surface area contributed by atoms with Crippen LogP contribution in [0.25, 0.3) is 0 Å². The fourth-order valence-corrected chi connectivity index (χ4v) is 2.69. The molecule has 0 aliphatic carbocycles. The van der Waals surface area contributed by atoms with Crippen LogP contribution in [0, 0.1) is 6.92 Å². The smallest absolute Gasteiger partial charge is 0.284 e. The summed E-state index contributed by atoms with van der Waals surface area (Å²) < 4.78 is 5.31. The van der Waals surface area contributed by atoms with E-state index in [0.29, 0.717) is 18.3 Å². The van der Waals surface area contributed by atoms with Crippen LogP contribution in [0.5, 0.6) is 0 Å². The van der Waals surface area contributed by atoms with Gasteiger partial charge < -0.3 is 20.8 Å². The van der Waals surface area contributed by atoms with Crippen LogP contribution in [-0.4, -0.2) is 18.4 Å². The summed E-state index contributed by atoms with van der Waals surface area (Å²) in [7, 11) is 0. The number of thiophene rings is 1. The standard InChI is InChI=1S/C15H20N4O2S.HI/c1-3-17-15(19-9-13-10(2)6-7-22-13)18-8-11-4-5-12(21-11)14(16)20;/h4-7H,3,8-9H2,1-2H3,(H2,16,20)(H2,17,18,19);1H.